The van der Waals surface area contributed by atoms with Gasteiger partial charge in [-0.05, 0) is 45.4 Å². The fraction of sp³-hybridized carbons (Fsp3) is 0.667. The van der Waals surface area contributed by atoms with Crippen LogP contribution in [0.25, 0.3) is 0 Å². The second kappa shape index (κ2) is 5.05. The molecule has 1 aliphatic rings. The molecule has 90 valence electrons. The van der Waals surface area contributed by atoms with Gasteiger partial charge in [-0.1, -0.05) is 11.6 Å². The Morgan fingerprint density at radius 2 is 2.44 bits per heavy atom. The van der Waals surface area contributed by atoms with E-state index in [0.717, 1.165) is 23.8 Å². The van der Waals surface area contributed by atoms with Crippen molar-refractivity contribution >= 4 is 22.9 Å². The number of thiophene rings is 1. The van der Waals surface area contributed by atoms with Crippen LogP contribution in [0.5, 0.6) is 0 Å². The van der Waals surface area contributed by atoms with Crippen LogP contribution in [-0.2, 0) is 11.2 Å². The summed E-state index contributed by atoms with van der Waals surface area (Å²) in [5, 5.41) is 3.38. The Labute approximate surface area is 106 Å². The molecule has 2 rings (SSSR count). The Bertz CT molecular complexity index is 347. The van der Waals surface area contributed by atoms with Crippen LogP contribution in [-0.4, -0.2) is 25.3 Å². The molecule has 1 aliphatic heterocycles. The van der Waals surface area contributed by atoms with Crippen LogP contribution in [0.2, 0.25) is 4.34 Å². The molecule has 2 unspecified atom stereocenters. The summed E-state index contributed by atoms with van der Waals surface area (Å²) < 4.78 is 6.74. The Morgan fingerprint density at radius 3 is 2.94 bits per heavy atom. The summed E-state index contributed by atoms with van der Waals surface area (Å²) in [6.07, 6.45) is 3.29. The first-order valence-electron chi connectivity index (χ1n) is 5.69. The van der Waals surface area contributed by atoms with Crippen molar-refractivity contribution in [2.75, 3.05) is 13.7 Å². The first-order chi connectivity index (χ1) is 7.64. The minimum atomic E-state index is -0.0226. The number of hydrogen-bond donors (Lipinski definition) is 1. The first kappa shape index (κ1) is 12.4. The molecule has 1 saturated heterocycles. The predicted octanol–water partition coefficient (Wildman–Crippen LogP) is 3.10. The van der Waals surface area contributed by atoms with Crippen LogP contribution in [0.4, 0.5) is 0 Å². The third-order valence-corrected chi connectivity index (χ3v) is 4.62. The van der Waals surface area contributed by atoms with Crippen molar-refractivity contribution in [3.8, 4) is 0 Å². The van der Waals surface area contributed by atoms with Gasteiger partial charge in [-0.3, -0.25) is 0 Å². The number of halogens is 1. The van der Waals surface area contributed by atoms with Gasteiger partial charge in [0.05, 0.1) is 9.94 Å². The van der Waals surface area contributed by atoms with Crippen LogP contribution < -0.4 is 5.32 Å². The lowest BCUT2D eigenvalue weighted by Crippen LogP contribution is -2.48. The molecule has 1 N–H and O–H groups in total. The summed E-state index contributed by atoms with van der Waals surface area (Å²) in [5.74, 6) is 0. The molecule has 1 fully saturated rings. The van der Waals surface area contributed by atoms with E-state index in [2.05, 4.69) is 18.3 Å². The van der Waals surface area contributed by atoms with Crippen molar-refractivity contribution < 1.29 is 4.74 Å². The average Bonchev–Trinajstić information content (AvgIpc) is 2.85. The molecule has 16 heavy (non-hydrogen) atoms. The second-order valence-corrected chi connectivity index (χ2v) is 6.32. The smallest absolute Gasteiger partial charge is 0.0931 e. The Balaban J connectivity index is 2.05. The molecule has 2 nitrogen and oxygen atoms in total. The topological polar surface area (TPSA) is 21.3 Å². The van der Waals surface area contributed by atoms with E-state index in [-0.39, 0.29) is 5.60 Å². The van der Waals surface area contributed by atoms with Crippen molar-refractivity contribution in [1.82, 2.24) is 5.32 Å². The van der Waals surface area contributed by atoms with E-state index in [0.29, 0.717) is 6.04 Å². The van der Waals surface area contributed by atoms with Crippen molar-refractivity contribution in [1.29, 1.82) is 0 Å². The summed E-state index contributed by atoms with van der Waals surface area (Å²) in [6.45, 7) is 3.09. The summed E-state index contributed by atoms with van der Waals surface area (Å²) >= 11 is 7.61. The number of ether oxygens (including phenoxy) is 1. The zero-order chi connectivity index (χ0) is 11.6. The lowest BCUT2D eigenvalue weighted by molar-refractivity contribution is -0.00923. The number of rotatable bonds is 4. The third-order valence-electron chi connectivity index (χ3n) is 3.37. The monoisotopic (exact) mass is 259 g/mol. The highest BCUT2D eigenvalue weighted by atomic mass is 35.5. The standard InChI is InChI=1S/C12H18ClNOS/c1-12(6-3-7-15-12)10(14-2)8-9-4-5-11(13)16-9/h4-5,10,14H,3,6-8H2,1-2H3. The number of likely N-dealkylation sites (N-methyl/N-ethyl adjacent to an activating group) is 1. The molecular formula is C12H18ClNOS. The molecule has 2 heterocycles. The SMILES string of the molecule is CNC(Cc1ccc(Cl)s1)C1(C)CCCO1. The Morgan fingerprint density at radius 1 is 1.62 bits per heavy atom. The van der Waals surface area contributed by atoms with E-state index < -0.39 is 0 Å². The molecule has 0 aromatic carbocycles. The van der Waals surface area contributed by atoms with Gasteiger partial charge >= 0.3 is 0 Å². The highest BCUT2D eigenvalue weighted by Crippen LogP contribution is 2.32. The fourth-order valence-electron chi connectivity index (χ4n) is 2.36. The summed E-state index contributed by atoms with van der Waals surface area (Å²) in [5.41, 5.74) is -0.0226. The molecule has 1 aromatic heterocycles. The van der Waals surface area contributed by atoms with Gasteiger partial charge in [0.1, 0.15) is 0 Å². The maximum Gasteiger partial charge on any atom is 0.0931 e. The van der Waals surface area contributed by atoms with Gasteiger partial charge in [-0.2, -0.15) is 0 Å². The zero-order valence-electron chi connectivity index (χ0n) is 9.75. The zero-order valence-corrected chi connectivity index (χ0v) is 11.3. The van der Waals surface area contributed by atoms with E-state index in [1.54, 1.807) is 11.3 Å². The van der Waals surface area contributed by atoms with E-state index in [1.807, 2.05) is 13.1 Å². The molecule has 0 saturated carbocycles. The van der Waals surface area contributed by atoms with Crippen molar-refractivity contribution in [2.45, 2.75) is 37.8 Å². The first-order valence-corrected chi connectivity index (χ1v) is 6.89. The number of nitrogens with one attached hydrogen (secondary N) is 1. The van der Waals surface area contributed by atoms with Crippen LogP contribution in [0.1, 0.15) is 24.6 Å². The molecule has 0 radical (unpaired) electrons. The summed E-state index contributed by atoms with van der Waals surface area (Å²) in [6, 6.07) is 4.44. The van der Waals surface area contributed by atoms with Crippen LogP contribution in [0, 0.1) is 0 Å². The van der Waals surface area contributed by atoms with Crippen molar-refractivity contribution in [2.24, 2.45) is 0 Å². The predicted molar refractivity (Wildman–Crippen MR) is 69.5 cm³/mol. The van der Waals surface area contributed by atoms with Crippen LogP contribution in [0.15, 0.2) is 12.1 Å². The van der Waals surface area contributed by atoms with Gasteiger partial charge in [-0.15, -0.1) is 11.3 Å². The summed E-state index contributed by atoms with van der Waals surface area (Å²) in [4.78, 5) is 1.32. The van der Waals surface area contributed by atoms with E-state index in [1.165, 1.54) is 11.3 Å². The van der Waals surface area contributed by atoms with Gasteiger partial charge < -0.3 is 10.1 Å². The van der Waals surface area contributed by atoms with Crippen LogP contribution in [0.3, 0.4) is 0 Å². The third kappa shape index (κ3) is 2.59. The lowest BCUT2D eigenvalue weighted by atomic mass is 9.90. The normalized spacial score (nSPS) is 27.2. The maximum atomic E-state index is 5.95. The largest absolute Gasteiger partial charge is 0.374 e. The molecule has 2 atom stereocenters. The average molecular weight is 260 g/mol. The van der Waals surface area contributed by atoms with Gasteiger partial charge in [0.15, 0.2) is 0 Å². The maximum absolute atomic E-state index is 5.95. The van der Waals surface area contributed by atoms with Crippen molar-refractivity contribution in [3.05, 3.63) is 21.3 Å². The van der Waals surface area contributed by atoms with Crippen molar-refractivity contribution in [3.63, 3.8) is 0 Å². The summed E-state index contributed by atoms with van der Waals surface area (Å²) in [7, 11) is 2.01. The molecule has 0 bridgehead atoms. The highest BCUT2D eigenvalue weighted by molar-refractivity contribution is 7.16. The second-order valence-electron chi connectivity index (χ2n) is 4.52. The lowest BCUT2D eigenvalue weighted by Gasteiger charge is -2.33. The molecule has 0 amide bonds. The van der Waals surface area contributed by atoms with Gasteiger partial charge in [0.2, 0.25) is 0 Å². The quantitative estimate of drug-likeness (QED) is 0.897. The van der Waals surface area contributed by atoms with Gasteiger partial charge in [0.25, 0.3) is 0 Å². The fourth-order valence-corrected chi connectivity index (χ4v) is 3.49. The van der Waals surface area contributed by atoms with E-state index in [9.17, 15) is 0 Å². The van der Waals surface area contributed by atoms with Gasteiger partial charge in [-0.25, -0.2) is 0 Å². The minimum absolute atomic E-state index is 0.0226. The van der Waals surface area contributed by atoms with Gasteiger partial charge in [0, 0.05) is 17.5 Å². The number of hydrogen-bond acceptors (Lipinski definition) is 3. The van der Waals surface area contributed by atoms with Crippen LogP contribution >= 0.6 is 22.9 Å². The molecule has 4 heteroatoms. The molecule has 0 spiro atoms. The molecule has 0 aliphatic carbocycles. The molecule has 1 aromatic rings. The van der Waals surface area contributed by atoms with E-state index >= 15 is 0 Å². The Kier molecular flexibility index (Phi) is 3.90. The molecular weight excluding hydrogens is 242 g/mol. The van der Waals surface area contributed by atoms with E-state index in [4.69, 9.17) is 16.3 Å². The highest BCUT2D eigenvalue weighted by Gasteiger charge is 2.37. The Hall–Kier alpha value is -0.0900. The minimum Gasteiger partial charge on any atom is -0.374 e.